The molecular formula is C15H20O2. The Labute approximate surface area is 103 Å². The Kier molecular flexibility index (Phi) is 2.93. The molecule has 0 aliphatic carbocycles. The molecule has 1 aromatic rings. The summed E-state index contributed by atoms with van der Waals surface area (Å²) in [6.45, 7) is 2.11. The van der Waals surface area contributed by atoms with Gasteiger partial charge in [0.25, 0.3) is 0 Å². The van der Waals surface area contributed by atoms with Gasteiger partial charge in [-0.15, -0.1) is 0 Å². The molecule has 0 aromatic heterocycles. The first kappa shape index (κ1) is 11.2. The second-order valence-electron chi connectivity index (χ2n) is 5.47. The molecule has 2 fully saturated rings. The van der Waals surface area contributed by atoms with Crippen molar-refractivity contribution >= 4 is 0 Å². The highest BCUT2D eigenvalue weighted by Gasteiger charge is 2.43. The van der Waals surface area contributed by atoms with Crippen LogP contribution in [0.4, 0.5) is 0 Å². The summed E-state index contributed by atoms with van der Waals surface area (Å²) >= 11 is 0. The van der Waals surface area contributed by atoms with E-state index in [1.165, 1.54) is 17.5 Å². The highest BCUT2D eigenvalue weighted by atomic mass is 16.5. The third-order valence-electron chi connectivity index (χ3n) is 4.34. The predicted octanol–water partition coefficient (Wildman–Crippen LogP) is 2.47. The number of aryl methyl sites for hydroxylation is 1. The molecule has 2 heterocycles. The molecule has 2 heteroatoms. The van der Waals surface area contributed by atoms with E-state index in [-0.39, 0.29) is 6.10 Å². The zero-order valence-electron chi connectivity index (χ0n) is 10.3. The molecular weight excluding hydrogens is 212 g/mol. The number of aliphatic hydroxyl groups is 1. The van der Waals surface area contributed by atoms with Crippen LogP contribution in [-0.2, 0) is 11.2 Å². The zero-order chi connectivity index (χ0) is 11.8. The lowest BCUT2D eigenvalue weighted by molar-refractivity contribution is 0.0431. The molecule has 0 amide bonds. The summed E-state index contributed by atoms with van der Waals surface area (Å²) in [6, 6.07) is 8.32. The summed E-state index contributed by atoms with van der Waals surface area (Å²) < 4.78 is 5.81. The van der Waals surface area contributed by atoms with Crippen LogP contribution in [-0.4, -0.2) is 23.4 Å². The van der Waals surface area contributed by atoms with Gasteiger partial charge in [-0.25, -0.2) is 0 Å². The van der Waals surface area contributed by atoms with E-state index < -0.39 is 0 Å². The number of ether oxygens (including phenoxy) is 1. The van der Waals surface area contributed by atoms with Gasteiger partial charge in [0.1, 0.15) is 0 Å². The molecule has 2 bridgehead atoms. The van der Waals surface area contributed by atoms with Crippen molar-refractivity contribution in [3.63, 3.8) is 0 Å². The highest BCUT2D eigenvalue weighted by Crippen LogP contribution is 2.41. The van der Waals surface area contributed by atoms with Crippen molar-refractivity contribution in [3.05, 3.63) is 35.4 Å². The Bertz CT molecular complexity index is 402. The van der Waals surface area contributed by atoms with E-state index in [0.29, 0.717) is 18.1 Å². The number of hydrogen-bond donors (Lipinski definition) is 1. The second kappa shape index (κ2) is 4.43. The predicted molar refractivity (Wildman–Crippen MR) is 66.9 cm³/mol. The zero-order valence-corrected chi connectivity index (χ0v) is 10.3. The first-order valence-electron chi connectivity index (χ1n) is 6.62. The molecule has 4 unspecified atom stereocenters. The van der Waals surface area contributed by atoms with Crippen LogP contribution in [0.25, 0.3) is 0 Å². The van der Waals surface area contributed by atoms with Crippen LogP contribution in [0, 0.1) is 12.8 Å². The summed E-state index contributed by atoms with van der Waals surface area (Å²) in [5, 5.41) is 10.4. The SMILES string of the molecule is Cc1ccccc1CC(O)C1CC2CCC1O2. The number of aliphatic hydroxyl groups excluding tert-OH is 1. The van der Waals surface area contributed by atoms with Crippen molar-refractivity contribution in [2.24, 2.45) is 5.92 Å². The lowest BCUT2D eigenvalue weighted by Gasteiger charge is -2.24. The molecule has 2 saturated heterocycles. The summed E-state index contributed by atoms with van der Waals surface area (Å²) in [4.78, 5) is 0. The van der Waals surface area contributed by atoms with E-state index in [4.69, 9.17) is 4.74 Å². The molecule has 0 saturated carbocycles. The maximum absolute atomic E-state index is 10.4. The maximum atomic E-state index is 10.4. The number of hydrogen-bond acceptors (Lipinski definition) is 2. The highest BCUT2D eigenvalue weighted by molar-refractivity contribution is 5.26. The standard InChI is InChI=1S/C15H20O2/c1-10-4-2-3-5-11(10)8-14(16)13-9-12-6-7-15(13)17-12/h2-5,12-16H,6-9H2,1H3. The Morgan fingerprint density at radius 1 is 1.35 bits per heavy atom. The van der Waals surface area contributed by atoms with Crippen molar-refractivity contribution < 1.29 is 9.84 Å². The Balaban J connectivity index is 1.68. The molecule has 0 radical (unpaired) electrons. The third kappa shape index (κ3) is 2.12. The van der Waals surface area contributed by atoms with E-state index in [2.05, 4.69) is 19.1 Å². The fourth-order valence-electron chi connectivity index (χ4n) is 3.30. The van der Waals surface area contributed by atoms with Crippen molar-refractivity contribution in [1.29, 1.82) is 0 Å². The molecule has 92 valence electrons. The smallest absolute Gasteiger partial charge is 0.0634 e. The van der Waals surface area contributed by atoms with Gasteiger partial charge < -0.3 is 9.84 Å². The van der Waals surface area contributed by atoms with Crippen LogP contribution in [0.15, 0.2) is 24.3 Å². The first-order valence-corrected chi connectivity index (χ1v) is 6.62. The van der Waals surface area contributed by atoms with Gasteiger partial charge in [0.05, 0.1) is 18.3 Å². The fourth-order valence-corrected chi connectivity index (χ4v) is 3.30. The van der Waals surface area contributed by atoms with Crippen LogP contribution in [0.1, 0.15) is 30.4 Å². The average molecular weight is 232 g/mol. The summed E-state index contributed by atoms with van der Waals surface area (Å²) in [6.07, 6.45) is 4.65. The minimum atomic E-state index is -0.244. The maximum Gasteiger partial charge on any atom is 0.0634 e. The molecule has 2 aliphatic heterocycles. The number of rotatable bonds is 3. The monoisotopic (exact) mass is 232 g/mol. The van der Waals surface area contributed by atoms with Gasteiger partial charge in [-0.2, -0.15) is 0 Å². The van der Waals surface area contributed by atoms with Gasteiger partial charge in [-0.1, -0.05) is 24.3 Å². The molecule has 2 aliphatic rings. The normalized spacial score (nSPS) is 32.9. The van der Waals surface area contributed by atoms with Crippen molar-refractivity contribution in [2.45, 2.75) is 50.9 Å². The van der Waals surface area contributed by atoms with E-state index >= 15 is 0 Å². The second-order valence-corrected chi connectivity index (χ2v) is 5.47. The van der Waals surface area contributed by atoms with Gasteiger partial charge in [0.15, 0.2) is 0 Å². The molecule has 1 N–H and O–H groups in total. The van der Waals surface area contributed by atoms with Crippen LogP contribution >= 0.6 is 0 Å². The Morgan fingerprint density at radius 2 is 2.18 bits per heavy atom. The van der Waals surface area contributed by atoms with E-state index in [1.807, 2.05) is 12.1 Å². The average Bonchev–Trinajstić information content (AvgIpc) is 2.94. The number of fused-ring (bicyclic) bond motifs is 2. The lowest BCUT2D eigenvalue weighted by Crippen LogP contribution is -2.31. The van der Waals surface area contributed by atoms with E-state index in [9.17, 15) is 5.11 Å². The summed E-state index contributed by atoms with van der Waals surface area (Å²) in [5.41, 5.74) is 2.54. The molecule has 0 spiro atoms. The van der Waals surface area contributed by atoms with E-state index in [1.54, 1.807) is 0 Å². The minimum Gasteiger partial charge on any atom is -0.392 e. The van der Waals surface area contributed by atoms with Gasteiger partial charge >= 0.3 is 0 Å². The molecule has 1 aromatic carbocycles. The summed E-state index contributed by atoms with van der Waals surface area (Å²) in [7, 11) is 0. The number of benzene rings is 1. The van der Waals surface area contributed by atoms with Gasteiger partial charge in [-0.3, -0.25) is 0 Å². The molecule has 2 nitrogen and oxygen atoms in total. The lowest BCUT2D eigenvalue weighted by atomic mass is 9.82. The molecule has 17 heavy (non-hydrogen) atoms. The van der Waals surface area contributed by atoms with Crippen LogP contribution in [0.2, 0.25) is 0 Å². The first-order chi connectivity index (χ1) is 8.24. The minimum absolute atomic E-state index is 0.244. The quantitative estimate of drug-likeness (QED) is 0.867. The van der Waals surface area contributed by atoms with Crippen molar-refractivity contribution in [3.8, 4) is 0 Å². The van der Waals surface area contributed by atoms with Crippen molar-refractivity contribution in [1.82, 2.24) is 0 Å². The molecule has 4 atom stereocenters. The summed E-state index contributed by atoms with van der Waals surface area (Å²) in [5.74, 6) is 0.355. The van der Waals surface area contributed by atoms with Crippen LogP contribution in [0.5, 0.6) is 0 Å². The largest absolute Gasteiger partial charge is 0.392 e. The van der Waals surface area contributed by atoms with Gasteiger partial charge in [-0.05, 0) is 43.7 Å². The fraction of sp³-hybridized carbons (Fsp3) is 0.600. The van der Waals surface area contributed by atoms with Crippen LogP contribution < -0.4 is 0 Å². The Hall–Kier alpha value is -0.860. The third-order valence-corrected chi connectivity index (χ3v) is 4.34. The van der Waals surface area contributed by atoms with E-state index in [0.717, 1.165) is 19.3 Å². The topological polar surface area (TPSA) is 29.5 Å². The Morgan fingerprint density at radius 3 is 2.82 bits per heavy atom. The molecule has 3 rings (SSSR count). The van der Waals surface area contributed by atoms with Crippen LogP contribution in [0.3, 0.4) is 0 Å². The van der Waals surface area contributed by atoms with Crippen molar-refractivity contribution in [2.75, 3.05) is 0 Å². The van der Waals surface area contributed by atoms with Gasteiger partial charge in [0, 0.05) is 5.92 Å². The van der Waals surface area contributed by atoms with Gasteiger partial charge in [0.2, 0.25) is 0 Å².